The third-order valence-corrected chi connectivity index (χ3v) is 2.58. The van der Waals surface area contributed by atoms with Gasteiger partial charge in [0.25, 0.3) is 0 Å². The van der Waals surface area contributed by atoms with Crippen molar-refractivity contribution in [1.82, 2.24) is 21.3 Å². The third kappa shape index (κ3) is 6.22. The largest absolute Gasteiger partial charge is 0.518 e. The molecule has 1 aromatic carbocycles. The minimum absolute atomic E-state index is 0. The van der Waals surface area contributed by atoms with Crippen LogP contribution in [0, 0.1) is 0 Å². The van der Waals surface area contributed by atoms with Crippen LogP contribution in [-0.4, -0.2) is 42.8 Å². The van der Waals surface area contributed by atoms with Crippen LogP contribution >= 0.6 is 0 Å². The Morgan fingerprint density at radius 1 is 1.36 bits per heavy atom. The van der Waals surface area contributed by atoms with Gasteiger partial charge in [0.05, 0.1) is 13.7 Å². The average molecular weight is 552 g/mol. The van der Waals surface area contributed by atoms with E-state index >= 15 is 0 Å². The van der Waals surface area contributed by atoms with Crippen molar-refractivity contribution in [2.75, 3.05) is 20.3 Å². The van der Waals surface area contributed by atoms with Gasteiger partial charge in [-0.15, -0.1) is 6.41 Å². The number of urea groups is 1. The Hall–Kier alpha value is -3.32. The molecule has 0 aromatic heterocycles. The van der Waals surface area contributed by atoms with Gasteiger partial charge < -0.3 is 20.1 Å². The maximum Gasteiger partial charge on any atom is 0.348 e. The summed E-state index contributed by atoms with van der Waals surface area (Å²) in [6, 6.07) is 6.55. The molecule has 0 bridgehead atoms. The van der Waals surface area contributed by atoms with Crippen LogP contribution < -0.4 is 21.0 Å². The van der Waals surface area contributed by atoms with Crippen molar-refractivity contribution in [3.05, 3.63) is 29.8 Å². The second-order valence-electron chi connectivity index (χ2n) is 4.08. The first-order valence-electron chi connectivity index (χ1n) is 6.38. The molecular formula is C13H19FmN4O4-. The zero-order valence-corrected chi connectivity index (χ0v) is 14.4. The number of nitrogens with zero attached hydrogens (tertiary/aromatic N) is 1. The maximum atomic E-state index is 11.8. The molecule has 4 N–H and O–H groups in total. The van der Waals surface area contributed by atoms with Crippen molar-refractivity contribution >= 4 is 12.4 Å². The van der Waals surface area contributed by atoms with Crippen LogP contribution in [0.25, 0.3) is 0 Å². The second kappa shape index (κ2) is 10.5. The molecule has 9 heteroatoms. The number of ether oxygens (including phenoxy) is 1. The first-order chi connectivity index (χ1) is 10.2. The van der Waals surface area contributed by atoms with Crippen LogP contribution in [0.2, 0.25) is 0 Å². The number of hydrazine groups is 2. The molecule has 0 aliphatic heterocycles. The Morgan fingerprint density at radius 2 is 2.05 bits per heavy atom. The normalized spacial score (nSPS) is 9.36. The number of hydrogen-bond donors (Lipinski definition) is 4. The van der Waals surface area contributed by atoms with Gasteiger partial charge in [0, 0.05) is 13.2 Å². The number of methoxy groups -OCH3 is 1. The number of carbonyl (C=O) groups excluding carboxylic acids is 2. The summed E-state index contributed by atoms with van der Waals surface area (Å²) in [7, 11) is 1.57. The summed E-state index contributed by atoms with van der Waals surface area (Å²) in [4.78, 5) is 22.3. The molecule has 8 nitrogen and oxygen atoms in total. The van der Waals surface area contributed by atoms with Crippen molar-refractivity contribution in [1.29, 1.82) is 0 Å². The van der Waals surface area contributed by atoms with Crippen molar-refractivity contribution < 1.29 is 19.4 Å². The molecule has 0 fully saturated rings. The molecule has 0 aliphatic rings. The van der Waals surface area contributed by atoms with E-state index in [1.54, 1.807) is 31.4 Å². The van der Waals surface area contributed by atoms with E-state index in [2.05, 4.69) is 16.3 Å². The van der Waals surface area contributed by atoms with Crippen molar-refractivity contribution in [2.24, 2.45) is 0 Å². The Kier molecular flexibility index (Phi) is 8.89. The van der Waals surface area contributed by atoms with E-state index in [0.717, 1.165) is 10.6 Å². The van der Waals surface area contributed by atoms with Crippen molar-refractivity contribution in [2.45, 2.75) is 13.0 Å². The molecule has 0 atom stereocenters. The molecule has 22 heavy (non-hydrogen) atoms. The molecule has 0 spiro atoms. The maximum absolute atomic E-state index is 11.8. The summed E-state index contributed by atoms with van der Waals surface area (Å²) in [5, 5.41) is 9.70. The molecule has 0 heterocycles. The van der Waals surface area contributed by atoms with Gasteiger partial charge >= 0.3 is 6.03 Å². The number of nitrogens with one attached hydrogen (secondary N) is 3. The van der Waals surface area contributed by atoms with E-state index in [1.165, 1.54) is 6.41 Å². The predicted molar refractivity (Wildman–Crippen MR) is 75.6 cm³/mol. The van der Waals surface area contributed by atoms with Gasteiger partial charge in [-0.05, 0) is 24.1 Å². The van der Waals surface area contributed by atoms with E-state index in [-0.39, 0.29) is 13.2 Å². The van der Waals surface area contributed by atoms with Gasteiger partial charge in [0.15, 0.2) is 0 Å². The summed E-state index contributed by atoms with van der Waals surface area (Å²) in [5.74, 6) is 0.704. The molecule has 0 unspecified atom stereocenters. The average Bonchev–Trinajstić information content (AvgIpc) is 2.51. The molecule has 0 saturated heterocycles. The van der Waals surface area contributed by atoms with Crippen LogP contribution in [0.4, 0.5) is 4.79 Å². The van der Waals surface area contributed by atoms with Crippen LogP contribution in [0.3, 0.4) is 0 Å². The fraction of sp³-hybridized carbons (Fsp3) is 0.385. The topological polar surface area (TPSA) is 103 Å². The van der Waals surface area contributed by atoms with Crippen LogP contribution in [0.5, 0.6) is 5.75 Å². The van der Waals surface area contributed by atoms with Crippen LogP contribution in [0.1, 0.15) is 12.0 Å². The van der Waals surface area contributed by atoms with Crippen molar-refractivity contribution in [3.8, 4) is 5.75 Å². The van der Waals surface area contributed by atoms with E-state index in [4.69, 9.17) is 9.84 Å². The molecule has 1 aromatic rings. The van der Waals surface area contributed by atoms with E-state index in [1.807, 2.05) is 0 Å². The van der Waals surface area contributed by atoms with Gasteiger partial charge in [0.2, 0.25) is 0 Å². The van der Waals surface area contributed by atoms with Gasteiger partial charge in [-0.1, -0.05) is 12.1 Å². The molecule has 0 radical (unpaired) electrons. The van der Waals surface area contributed by atoms with E-state index in [9.17, 15) is 9.59 Å². The number of hydrogen-bond acceptors (Lipinski definition) is 5. The monoisotopic (exact) mass is 552 g/mol. The molecule has 0 saturated carbocycles. The van der Waals surface area contributed by atoms with Gasteiger partial charge in [-0.2, -0.15) is 0 Å². The number of rotatable bonds is 9. The standard InChI is InChI=1S/C13H19N4O4.Fm/c1-21-12-5-3-11(4-6-12)9-17(15-10-19)13(20)16-14-7-2-8-18;/h3-6,14,18H,2,7-9H2,1H3,(H,15,19)(H,16,20);/q-1;. The first-order valence-corrected chi connectivity index (χ1v) is 6.38. The van der Waals surface area contributed by atoms with E-state index in [0.29, 0.717) is 18.7 Å². The molecular weight excluding hydrogens is 533 g/mol. The zero-order valence-electron chi connectivity index (χ0n) is 12.0. The number of aliphatic hydroxyl groups is 1. The Balaban J connectivity index is 0.00000441. The summed E-state index contributed by atoms with van der Waals surface area (Å²) in [6.07, 6.45) is 1.97. The number of amides is 3. The van der Waals surface area contributed by atoms with Crippen LogP contribution in [0.15, 0.2) is 24.3 Å². The summed E-state index contributed by atoms with van der Waals surface area (Å²) < 4.78 is 5.04. The minimum Gasteiger partial charge on any atom is -0.518 e. The Labute approximate surface area is 123 Å². The fourth-order valence-corrected chi connectivity index (χ4v) is 1.50. The Bertz CT molecular complexity index is 444. The van der Waals surface area contributed by atoms with Gasteiger partial charge in [0.1, 0.15) is 5.75 Å². The van der Waals surface area contributed by atoms with E-state index < -0.39 is 6.03 Å². The Morgan fingerprint density at radius 3 is 2.59 bits per heavy atom. The SMILES string of the molecule is COc1ccc(CN(N[C-]=O)C(=O)NNCCCO)cc1.[Fm]. The molecule has 0 aliphatic carbocycles. The summed E-state index contributed by atoms with van der Waals surface area (Å²) in [5.41, 5.74) is 8.05. The second-order valence-corrected chi connectivity index (χ2v) is 4.08. The quantitative estimate of drug-likeness (QED) is 0.146. The predicted octanol–water partition coefficient (Wildman–Crippen LogP) is -0.334. The number of aliphatic hydroxyl groups excluding tert-OH is 1. The van der Waals surface area contributed by atoms with Crippen LogP contribution in [-0.2, 0) is 11.3 Å². The molecule has 1 rings (SSSR count). The zero-order chi connectivity index (χ0) is 15.5. The number of benzene rings is 1. The molecule has 3 amide bonds. The molecule has 128 valence electrons. The van der Waals surface area contributed by atoms with Gasteiger partial charge in [-0.25, -0.2) is 10.2 Å². The number of carbonyl (C=O) groups is 1. The summed E-state index contributed by atoms with van der Waals surface area (Å²) >= 11 is 0. The first kappa shape index (κ1) is 18.7. The fourth-order valence-electron chi connectivity index (χ4n) is 1.50. The minimum atomic E-state index is -0.535. The third-order valence-electron chi connectivity index (χ3n) is 2.58. The smallest absolute Gasteiger partial charge is 0.348 e. The van der Waals surface area contributed by atoms with Crippen molar-refractivity contribution in [3.63, 3.8) is 0 Å². The van der Waals surface area contributed by atoms with Gasteiger partial charge in [-0.3, -0.25) is 10.4 Å². The summed E-state index contributed by atoms with van der Waals surface area (Å²) in [6.45, 7) is 0.620.